The maximum atomic E-state index is 11.8. The van der Waals surface area contributed by atoms with Crippen molar-refractivity contribution in [3.63, 3.8) is 0 Å². The van der Waals surface area contributed by atoms with E-state index in [0.29, 0.717) is 5.56 Å². The Morgan fingerprint density at radius 2 is 2.33 bits per heavy atom. The molecule has 98 valence electrons. The SMILES string of the molecule is C=CCOC(=O)c1ccc2c(c1C)CC[C@@H]2N.Cl. The molecule has 2 N–H and O–H groups in total. The zero-order valence-electron chi connectivity index (χ0n) is 10.4. The van der Waals surface area contributed by atoms with Gasteiger partial charge in [0.15, 0.2) is 0 Å². The summed E-state index contributed by atoms with van der Waals surface area (Å²) >= 11 is 0. The third kappa shape index (κ3) is 2.57. The minimum atomic E-state index is -0.286. The van der Waals surface area contributed by atoms with Gasteiger partial charge >= 0.3 is 5.97 Å². The number of benzene rings is 1. The van der Waals surface area contributed by atoms with Gasteiger partial charge in [-0.3, -0.25) is 0 Å². The van der Waals surface area contributed by atoms with E-state index < -0.39 is 0 Å². The Morgan fingerprint density at radius 1 is 1.61 bits per heavy atom. The second kappa shape index (κ2) is 6.03. The monoisotopic (exact) mass is 267 g/mol. The third-order valence-electron chi connectivity index (χ3n) is 3.29. The zero-order valence-corrected chi connectivity index (χ0v) is 11.3. The summed E-state index contributed by atoms with van der Waals surface area (Å²) in [6, 6.07) is 3.87. The lowest BCUT2D eigenvalue weighted by Gasteiger charge is -2.11. The van der Waals surface area contributed by atoms with Crippen molar-refractivity contribution in [2.45, 2.75) is 25.8 Å². The first kappa shape index (κ1) is 14.7. The summed E-state index contributed by atoms with van der Waals surface area (Å²) in [5.74, 6) is -0.286. The van der Waals surface area contributed by atoms with Crippen LogP contribution in [0.25, 0.3) is 0 Å². The van der Waals surface area contributed by atoms with Crippen LogP contribution < -0.4 is 5.73 Å². The van der Waals surface area contributed by atoms with E-state index in [2.05, 4.69) is 6.58 Å². The van der Waals surface area contributed by atoms with Crippen molar-refractivity contribution in [3.8, 4) is 0 Å². The van der Waals surface area contributed by atoms with Gasteiger partial charge in [0.1, 0.15) is 6.61 Å². The lowest BCUT2D eigenvalue weighted by atomic mass is 9.98. The highest BCUT2D eigenvalue weighted by atomic mass is 35.5. The van der Waals surface area contributed by atoms with Gasteiger partial charge in [-0.1, -0.05) is 18.7 Å². The van der Waals surface area contributed by atoms with E-state index in [4.69, 9.17) is 10.5 Å². The first-order chi connectivity index (χ1) is 8.15. The Morgan fingerprint density at radius 3 is 3.00 bits per heavy atom. The molecule has 18 heavy (non-hydrogen) atoms. The minimum absolute atomic E-state index is 0. The van der Waals surface area contributed by atoms with Crippen LogP contribution in [-0.2, 0) is 11.2 Å². The fourth-order valence-corrected chi connectivity index (χ4v) is 2.35. The van der Waals surface area contributed by atoms with Gasteiger partial charge in [0.2, 0.25) is 0 Å². The highest BCUT2D eigenvalue weighted by molar-refractivity contribution is 5.91. The number of fused-ring (bicyclic) bond motifs is 1. The molecule has 0 amide bonds. The Balaban J connectivity index is 0.00000162. The van der Waals surface area contributed by atoms with E-state index in [-0.39, 0.29) is 31.0 Å². The molecule has 1 aliphatic carbocycles. The average Bonchev–Trinajstić information content (AvgIpc) is 2.69. The Kier molecular flexibility index (Phi) is 4.93. The molecule has 0 bridgehead atoms. The fraction of sp³-hybridized carbons (Fsp3) is 0.357. The van der Waals surface area contributed by atoms with E-state index >= 15 is 0 Å². The van der Waals surface area contributed by atoms with E-state index in [1.54, 1.807) is 6.08 Å². The Labute approximate surface area is 113 Å². The van der Waals surface area contributed by atoms with Gasteiger partial charge in [-0.2, -0.15) is 0 Å². The van der Waals surface area contributed by atoms with Crippen molar-refractivity contribution in [1.82, 2.24) is 0 Å². The van der Waals surface area contributed by atoms with Gasteiger partial charge in [-0.15, -0.1) is 12.4 Å². The van der Waals surface area contributed by atoms with Crippen LogP contribution in [0.2, 0.25) is 0 Å². The lowest BCUT2D eigenvalue weighted by molar-refractivity contribution is 0.0549. The number of esters is 1. The fourth-order valence-electron chi connectivity index (χ4n) is 2.35. The molecule has 0 aromatic heterocycles. The number of rotatable bonds is 3. The molecule has 0 fully saturated rings. The van der Waals surface area contributed by atoms with Gasteiger partial charge in [0.25, 0.3) is 0 Å². The standard InChI is InChI=1S/C14H17NO2.ClH/c1-3-8-17-14(16)11-4-5-12-10(9(11)2)6-7-13(12)15;/h3-5,13H,1,6-8,15H2,2H3;1H/t13-;/m0./s1. The van der Waals surface area contributed by atoms with Crippen LogP contribution in [0.1, 0.15) is 39.5 Å². The number of hydrogen-bond donors (Lipinski definition) is 1. The molecule has 3 nitrogen and oxygen atoms in total. The molecule has 0 heterocycles. The topological polar surface area (TPSA) is 52.3 Å². The third-order valence-corrected chi connectivity index (χ3v) is 3.29. The molecule has 0 radical (unpaired) electrons. The second-order valence-corrected chi connectivity index (χ2v) is 4.34. The van der Waals surface area contributed by atoms with E-state index in [0.717, 1.165) is 18.4 Å². The van der Waals surface area contributed by atoms with E-state index in [1.165, 1.54) is 11.1 Å². The predicted octanol–water partition coefficient (Wildman–Crippen LogP) is 2.71. The van der Waals surface area contributed by atoms with Gasteiger partial charge < -0.3 is 10.5 Å². The first-order valence-corrected chi connectivity index (χ1v) is 5.81. The zero-order chi connectivity index (χ0) is 12.4. The van der Waals surface area contributed by atoms with Crippen LogP contribution in [-0.4, -0.2) is 12.6 Å². The number of halogens is 1. The highest BCUT2D eigenvalue weighted by Crippen LogP contribution is 2.33. The molecule has 0 saturated carbocycles. The van der Waals surface area contributed by atoms with Crippen molar-refractivity contribution in [2.24, 2.45) is 5.73 Å². The lowest BCUT2D eigenvalue weighted by Crippen LogP contribution is -2.10. The number of nitrogens with two attached hydrogens (primary N) is 1. The quantitative estimate of drug-likeness (QED) is 0.677. The van der Waals surface area contributed by atoms with Gasteiger partial charge in [-0.05, 0) is 42.5 Å². The molecule has 0 aliphatic heterocycles. The second-order valence-electron chi connectivity index (χ2n) is 4.34. The van der Waals surface area contributed by atoms with Crippen molar-refractivity contribution >= 4 is 18.4 Å². The summed E-state index contributed by atoms with van der Waals surface area (Å²) in [7, 11) is 0. The van der Waals surface area contributed by atoms with Crippen LogP contribution in [0.4, 0.5) is 0 Å². The molecule has 1 atom stereocenters. The smallest absolute Gasteiger partial charge is 0.338 e. The van der Waals surface area contributed by atoms with Crippen LogP contribution in [0, 0.1) is 6.92 Å². The van der Waals surface area contributed by atoms with E-state index in [9.17, 15) is 4.79 Å². The summed E-state index contributed by atoms with van der Waals surface area (Å²) in [4.78, 5) is 11.8. The number of ether oxygens (including phenoxy) is 1. The number of hydrogen-bond acceptors (Lipinski definition) is 3. The predicted molar refractivity (Wildman–Crippen MR) is 74.2 cm³/mol. The van der Waals surface area contributed by atoms with Crippen LogP contribution in [0.5, 0.6) is 0 Å². The first-order valence-electron chi connectivity index (χ1n) is 5.81. The summed E-state index contributed by atoms with van der Waals surface area (Å²) in [6.45, 7) is 5.73. The molecule has 1 aromatic carbocycles. The van der Waals surface area contributed by atoms with Gasteiger partial charge in [0.05, 0.1) is 5.56 Å². The Bertz CT molecular complexity index is 471. The average molecular weight is 268 g/mol. The summed E-state index contributed by atoms with van der Waals surface area (Å²) < 4.78 is 5.06. The highest BCUT2D eigenvalue weighted by Gasteiger charge is 2.23. The normalized spacial score (nSPS) is 16.7. The molecule has 1 aliphatic rings. The minimum Gasteiger partial charge on any atom is -0.458 e. The molecular formula is C14H18ClNO2. The molecule has 0 spiro atoms. The van der Waals surface area contributed by atoms with Crippen molar-refractivity contribution in [2.75, 3.05) is 6.61 Å². The maximum Gasteiger partial charge on any atom is 0.338 e. The van der Waals surface area contributed by atoms with Crippen LogP contribution in [0.15, 0.2) is 24.8 Å². The molecule has 4 heteroatoms. The molecule has 1 aromatic rings. The van der Waals surface area contributed by atoms with Crippen molar-refractivity contribution < 1.29 is 9.53 Å². The number of carbonyl (C=O) groups excluding carboxylic acids is 1. The van der Waals surface area contributed by atoms with Gasteiger partial charge in [0, 0.05) is 6.04 Å². The summed E-state index contributed by atoms with van der Waals surface area (Å²) in [5, 5.41) is 0. The molecule has 2 rings (SSSR count). The molecule has 0 saturated heterocycles. The number of carbonyl (C=O) groups is 1. The summed E-state index contributed by atoms with van der Waals surface area (Å²) in [5.41, 5.74) is 10.0. The summed E-state index contributed by atoms with van der Waals surface area (Å²) in [6.07, 6.45) is 3.47. The molecule has 0 unspecified atom stereocenters. The largest absolute Gasteiger partial charge is 0.458 e. The van der Waals surface area contributed by atoms with Crippen molar-refractivity contribution in [3.05, 3.63) is 47.0 Å². The van der Waals surface area contributed by atoms with Gasteiger partial charge in [-0.25, -0.2) is 4.79 Å². The van der Waals surface area contributed by atoms with Crippen LogP contribution in [0.3, 0.4) is 0 Å². The van der Waals surface area contributed by atoms with Crippen LogP contribution >= 0.6 is 12.4 Å². The van der Waals surface area contributed by atoms with E-state index in [1.807, 2.05) is 19.1 Å². The van der Waals surface area contributed by atoms with Crippen molar-refractivity contribution in [1.29, 1.82) is 0 Å². The Hall–Kier alpha value is -1.32. The molecular weight excluding hydrogens is 250 g/mol. The maximum absolute atomic E-state index is 11.8.